The van der Waals surface area contributed by atoms with Gasteiger partial charge in [0.2, 0.25) is 0 Å². The Morgan fingerprint density at radius 1 is 0.274 bits per heavy atom. The van der Waals surface area contributed by atoms with Crippen LogP contribution in [0, 0.1) is 45.3 Å². The standard InChI is InChI=1S/4C16H32O2.Sn/c4*1-5-7-11-16(15(17)18,12-8-6-2)13-9-10-14(3)4;/h4*14H,5-13H2,1-4H3,(H,17,18);/q;;;;+4/p-4. The van der Waals surface area contributed by atoms with Crippen LogP contribution in [0.25, 0.3) is 0 Å². The van der Waals surface area contributed by atoms with E-state index in [2.05, 4.69) is 111 Å². The van der Waals surface area contributed by atoms with Gasteiger partial charge in [-0.3, -0.25) is 0 Å². The second kappa shape index (κ2) is 40.0. The van der Waals surface area contributed by atoms with E-state index >= 15 is 19.2 Å². The first-order chi connectivity index (χ1) is 34.7. The Hall–Kier alpha value is -1.32. The summed E-state index contributed by atoms with van der Waals surface area (Å²) >= 11 is -6.66. The van der Waals surface area contributed by atoms with Gasteiger partial charge in [-0.25, -0.2) is 0 Å². The van der Waals surface area contributed by atoms with E-state index in [9.17, 15) is 0 Å². The summed E-state index contributed by atoms with van der Waals surface area (Å²) in [6.07, 6.45) is 28.0. The minimum atomic E-state index is -6.66. The summed E-state index contributed by atoms with van der Waals surface area (Å²) in [5.41, 5.74) is -3.70. The van der Waals surface area contributed by atoms with E-state index in [1.807, 2.05) is 0 Å². The molecule has 0 aromatic heterocycles. The Labute approximate surface area is 460 Å². The van der Waals surface area contributed by atoms with Gasteiger partial charge in [-0.15, -0.1) is 0 Å². The van der Waals surface area contributed by atoms with Crippen molar-refractivity contribution < 1.29 is 31.5 Å². The van der Waals surface area contributed by atoms with Gasteiger partial charge in [-0.2, -0.15) is 0 Å². The van der Waals surface area contributed by atoms with Gasteiger partial charge in [-0.05, 0) is 0 Å². The molecule has 0 aromatic carbocycles. The predicted octanol–water partition coefficient (Wildman–Crippen LogP) is 20.4. The molecule has 0 N–H and O–H groups in total. The molecular weight excluding hydrogens is 1020 g/mol. The summed E-state index contributed by atoms with van der Waals surface area (Å²) in [5, 5.41) is 0. The molecule has 9 heteroatoms. The quantitative estimate of drug-likeness (QED) is 0.0555. The molecule has 0 heterocycles. The number of hydrogen-bond acceptors (Lipinski definition) is 8. The van der Waals surface area contributed by atoms with E-state index < -0.39 is 65.6 Å². The van der Waals surface area contributed by atoms with E-state index in [1.165, 1.54) is 0 Å². The van der Waals surface area contributed by atoms with E-state index in [0.717, 1.165) is 154 Å². The van der Waals surface area contributed by atoms with Crippen LogP contribution in [-0.2, 0) is 31.5 Å². The molecular formula is C64H124O8Sn. The summed E-state index contributed by atoms with van der Waals surface area (Å²) in [6.45, 7) is 35.0. The molecule has 0 aliphatic carbocycles. The normalized spacial score (nSPS) is 12.9. The molecule has 0 spiro atoms. The molecule has 0 radical (unpaired) electrons. The first kappa shape index (κ1) is 71.7. The molecule has 0 atom stereocenters. The Morgan fingerprint density at radius 2 is 0.411 bits per heavy atom. The average molecular weight is 1140 g/mol. The Bertz CT molecular complexity index is 1190. The number of carbonyl (C=O) groups excluding carboxylic acids is 4. The van der Waals surface area contributed by atoms with Gasteiger partial charge in [0, 0.05) is 0 Å². The van der Waals surface area contributed by atoms with Gasteiger partial charge in [0.15, 0.2) is 0 Å². The molecule has 0 aliphatic heterocycles. The van der Waals surface area contributed by atoms with Crippen LogP contribution in [0.1, 0.15) is 342 Å². The Morgan fingerprint density at radius 3 is 0.534 bits per heavy atom. The molecule has 0 aliphatic rings. The van der Waals surface area contributed by atoms with E-state index in [-0.39, 0.29) is 0 Å². The first-order valence-corrected chi connectivity index (χ1v) is 36.3. The molecule has 0 saturated heterocycles. The van der Waals surface area contributed by atoms with Gasteiger partial charge < -0.3 is 0 Å². The van der Waals surface area contributed by atoms with E-state index in [1.54, 1.807) is 0 Å². The van der Waals surface area contributed by atoms with Gasteiger partial charge in [0.1, 0.15) is 0 Å². The molecule has 0 amide bonds. The van der Waals surface area contributed by atoms with Crippen molar-refractivity contribution in [2.24, 2.45) is 45.3 Å². The second-order valence-electron chi connectivity index (χ2n) is 25.2. The van der Waals surface area contributed by atoms with Crippen LogP contribution < -0.4 is 0 Å². The molecule has 0 bridgehead atoms. The Balaban J connectivity index is 9.20. The van der Waals surface area contributed by atoms with Gasteiger partial charge in [-0.1, -0.05) is 0 Å². The number of unbranched alkanes of at least 4 members (excludes halogenated alkanes) is 8. The SMILES string of the molecule is CCCCC(CCCC)(CCCC(C)C)C(=O)[O][Sn]([O]C(=O)C(CCCC)(CCCC)CCCC(C)C)([O]C(=O)C(CCCC)(CCCC)CCCC(C)C)[O]C(=O)C(CCCC)(CCCC)CCCC(C)C. The Kier molecular flexibility index (Phi) is 39.2. The predicted molar refractivity (Wildman–Crippen MR) is 311 cm³/mol. The molecule has 0 aromatic rings. The zero-order valence-corrected chi connectivity index (χ0v) is 54.4. The van der Waals surface area contributed by atoms with Gasteiger partial charge >= 0.3 is 463 Å². The van der Waals surface area contributed by atoms with Crippen LogP contribution in [0.4, 0.5) is 0 Å². The molecule has 0 rings (SSSR count). The van der Waals surface area contributed by atoms with Crippen LogP contribution in [0.3, 0.4) is 0 Å². The van der Waals surface area contributed by atoms with Crippen molar-refractivity contribution in [3.63, 3.8) is 0 Å². The fourth-order valence-corrected chi connectivity index (χ4v) is 17.0. The maximum atomic E-state index is 16.1. The topological polar surface area (TPSA) is 105 Å². The van der Waals surface area contributed by atoms with E-state index in [4.69, 9.17) is 12.3 Å². The molecule has 0 fully saturated rings. The fraction of sp³-hybridized carbons (Fsp3) is 0.938. The summed E-state index contributed by atoms with van der Waals surface area (Å²) in [7, 11) is 0. The number of hydrogen-bond donors (Lipinski definition) is 0. The van der Waals surface area contributed by atoms with Crippen LogP contribution in [0.2, 0.25) is 0 Å². The fourth-order valence-electron chi connectivity index (χ4n) is 11.3. The monoisotopic (exact) mass is 1140 g/mol. The van der Waals surface area contributed by atoms with E-state index in [0.29, 0.717) is 101 Å². The van der Waals surface area contributed by atoms with Crippen molar-refractivity contribution in [2.45, 2.75) is 342 Å². The molecule has 73 heavy (non-hydrogen) atoms. The third-order valence-corrected chi connectivity index (χ3v) is 21.4. The van der Waals surface area contributed by atoms with Crippen molar-refractivity contribution in [1.82, 2.24) is 0 Å². The third kappa shape index (κ3) is 27.2. The van der Waals surface area contributed by atoms with Crippen LogP contribution in [0.15, 0.2) is 0 Å². The number of rotatable bonds is 48. The van der Waals surface area contributed by atoms with Crippen LogP contribution in [0.5, 0.6) is 0 Å². The molecule has 0 saturated carbocycles. The molecule has 0 unspecified atom stereocenters. The minimum absolute atomic E-state index is 0.451. The third-order valence-electron chi connectivity index (χ3n) is 16.4. The van der Waals surface area contributed by atoms with Crippen LogP contribution >= 0.6 is 0 Å². The van der Waals surface area contributed by atoms with Crippen molar-refractivity contribution in [3.8, 4) is 0 Å². The summed E-state index contributed by atoms with van der Waals surface area (Å²) < 4.78 is 28.6. The zero-order valence-electron chi connectivity index (χ0n) is 51.5. The molecule has 8 nitrogen and oxygen atoms in total. The maximum absolute atomic E-state index is 16.1. The number of carbonyl (C=O) groups is 4. The van der Waals surface area contributed by atoms with Gasteiger partial charge in [0.25, 0.3) is 0 Å². The van der Waals surface area contributed by atoms with Crippen molar-refractivity contribution in [1.29, 1.82) is 0 Å². The van der Waals surface area contributed by atoms with Crippen molar-refractivity contribution in [2.75, 3.05) is 0 Å². The second-order valence-corrected chi connectivity index (χ2v) is 30.3. The van der Waals surface area contributed by atoms with Crippen molar-refractivity contribution >= 4 is 43.9 Å². The van der Waals surface area contributed by atoms with Crippen molar-refractivity contribution in [3.05, 3.63) is 0 Å². The summed E-state index contributed by atoms with van der Waals surface area (Å²) in [6, 6.07) is 0. The summed E-state index contributed by atoms with van der Waals surface area (Å²) in [5.74, 6) is -0.214. The van der Waals surface area contributed by atoms with Gasteiger partial charge in [0.05, 0.1) is 0 Å². The molecule has 432 valence electrons. The first-order valence-electron chi connectivity index (χ1n) is 31.6. The average Bonchev–Trinajstić information content (AvgIpc) is 3.33. The summed E-state index contributed by atoms with van der Waals surface area (Å²) in [4.78, 5) is 64.4. The zero-order chi connectivity index (χ0) is 55.4. The van der Waals surface area contributed by atoms with Crippen LogP contribution in [-0.4, -0.2) is 43.9 Å².